The molecule has 1 N–H and O–H groups in total. The summed E-state index contributed by atoms with van der Waals surface area (Å²) in [7, 11) is 0. The largest absolute Gasteiger partial charge is 0.352 e. The third-order valence-corrected chi connectivity index (χ3v) is 6.68. The van der Waals surface area contributed by atoms with Gasteiger partial charge in [0.1, 0.15) is 0 Å². The van der Waals surface area contributed by atoms with Gasteiger partial charge in [0.2, 0.25) is 5.91 Å². The predicted octanol–water partition coefficient (Wildman–Crippen LogP) is 4.26. The number of nitrogens with one attached hydrogen (secondary N) is 1. The number of hydrogen-bond donors (Lipinski definition) is 1. The number of carbonyl (C=O) groups excluding carboxylic acids is 2. The fourth-order valence-electron chi connectivity index (χ4n) is 4.80. The molecule has 0 saturated carbocycles. The van der Waals surface area contributed by atoms with E-state index in [4.69, 9.17) is 0 Å². The molecule has 1 fully saturated rings. The van der Waals surface area contributed by atoms with Crippen molar-refractivity contribution in [2.24, 2.45) is 0 Å². The fourth-order valence-corrected chi connectivity index (χ4v) is 4.80. The van der Waals surface area contributed by atoms with E-state index in [-0.39, 0.29) is 11.8 Å². The molecule has 2 heterocycles. The number of benzene rings is 2. The Hall–Kier alpha value is -2.66. The second-order valence-electron chi connectivity index (χ2n) is 8.83. The molecule has 0 unspecified atom stereocenters. The lowest BCUT2D eigenvalue weighted by atomic mass is 10.0. The molecule has 2 aromatic carbocycles. The van der Waals surface area contributed by atoms with Crippen molar-refractivity contribution in [3.63, 3.8) is 0 Å². The SMILES string of the molecule is CC(=O)N1CCc2cc(-c3ccc(C(=O)NCCCN4CCCC[C@H]4C)cc3)ccc21. The van der Waals surface area contributed by atoms with Crippen molar-refractivity contribution in [1.82, 2.24) is 10.2 Å². The third kappa shape index (κ3) is 4.99. The maximum Gasteiger partial charge on any atom is 0.251 e. The van der Waals surface area contributed by atoms with Gasteiger partial charge < -0.3 is 15.1 Å². The molecule has 2 aliphatic rings. The van der Waals surface area contributed by atoms with E-state index in [0.717, 1.165) is 42.7 Å². The average molecular weight is 420 g/mol. The summed E-state index contributed by atoms with van der Waals surface area (Å²) in [5.74, 6) is 0.0802. The van der Waals surface area contributed by atoms with Crippen LogP contribution in [0.2, 0.25) is 0 Å². The van der Waals surface area contributed by atoms with Gasteiger partial charge in [0, 0.05) is 43.9 Å². The molecule has 2 amide bonds. The molecule has 0 aromatic heterocycles. The average Bonchev–Trinajstić information content (AvgIpc) is 3.21. The Morgan fingerprint density at radius 2 is 1.81 bits per heavy atom. The summed E-state index contributed by atoms with van der Waals surface area (Å²) in [4.78, 5) is 28.6. The minimum absolute atomic E-state index is 0.00991. The van der Waals surface area contributed by atoms with Crippen LogP contribution in [0.25, 0.3) is 11.1 Å². The van der Waals surface area contributed by atoms with E-state index < -0.39 is 0 Å². The summed E-state index contributed by atoms with van der Waals surface area (Å²) in [6, 6.07) is 14.7. The fraction of sp³-hybridized carbons (Fsp3) is 0.462. The normalized spacial score (nSPS) is 18.6. The summed E-state index contributed by atoms with van der Waals surface area (Å²) < 4.78 is 0. The highest BCUT2D eigenvalue weighted by molar-refractivity contribution is 5.95. The molecule has 1 atom stereocenters. The van der Waals surface area contributed by atoms with Gasteiger partial charge in [0.15, 0.2) is 0 Å². The number of hydrogen-bond acceptors (Lipinski definition) is 3. The van der Waals surface area contributed by atoms with Crippen LogP contribution in [0.5, 0.6) is 0 Å². The van der Waals surface area contributed by atoms with Gasteiger partial charge in [-0.25, -0.2) is 0 Å². The summed E-state index contributed by atoms with van der Waals surface area (Å²) in [5, 5.41) is 3.06. The van der Waals surface area contributed by atoms with E-state index in [1.807, 2.05) is 35.2 Å². The summed E-state index contributed by atoms with van der Waals surface area (Å²) in [6.45, 7) is 7.62. The molecule has 2 aromatic rings. The van der Waals surface area contributed by atoms with Crippen molar-refractivity contribution in [2.75, 3.05) is 31.1 Å². The Morgan fingerprint density at radius 3 is 2.55 bits per heavy atom. The van der Waals surface area contributed by atoms with Crippen LogP contribution in [0.1, 0.15) is 55.5 Å². The highest BCUT2D eigenvalue weighted by atomic mass is 16.2. The molecule has 0 aliphatic carbocycles. The van der Waals surface area contributed by atoms with Crippen LogP contribution in [-0.2, 0) is 11.2 Å². The Bertz CT molecular complexity index is 938. The topological polar surface area (TPSA) is 52.7 Å². The van der Waals surface area contributed by atoms with Crippen LogP contribution in [0.3, 0.4) is 0 Å². The maximum absolute atomic E-state index is 12.5. The van der Waals surface area contributed by atoms with Crippen LogP contribution in [0, 0.1) is 0 Å². The molecule has 2 aliphatic heterocycles. The van der Waals surface area contributed by atoms with Crippen molar-refractivity contribution in [3.05, 3.63) is 53.6 Å². The second-order valence-corrected chi connectivity index (χ2v) is 8.83. The highest BCUT2D eigenvalue weighted by Gasteiger charge is 2.22. The van der Waals surface area contributed by atoms with Crippen molar-refractivity contribution in [2.45, 2.75) is 52.0 Å². The number of amides is 2. The first-order chi connectivity index (χ1) is 15.0. The van der Waals surface area contributed by atoms with Gasteiger partial charge in [-0.2, -0.15) is 0 Å². The molecule has 5 nitrogen and oxygen atoms in total. The molecule has 0 bridgehead atoms. The van der Waals surface area contributed by atoms with Crippen LogP contribution >= 0.6 is 0 Å². The quantitative estimate of drug-likeness (QED) is 0.712. The van der Waals surface area contributed by atoms with Crippen molar-refractivity contribution in [1.29, 1.82) is 0 Å². The number of rotatable bonds is 6. The first kappa shape index (κ1) is 21.6. The Labute approximate surface area is 185 Å². The van der Waals surface area contributed by atoms with Crippen molar-refractivity contribution < 1.29 is 9.59 Å². The van der Waals surface area contributed by atoms with E-state index >= 15 is 0 Å². The molecule has 0 radical (unpaired) electrons. The molecule has 5 heteroatoms. The number of anilines is 1. The smallest absolute Gasteiger partial charge is 0.251 e. The zero-order chi connectivity index (χ0) is 21.8. The molecular weight excluding hydrogens is 386 g/mol. The van der Waals surface area contributed by atoms with Crippen molar-refractivity contribution >= 4 is 17.5 Å². The summed E-state index contributed by atoms with van der Waals surface area (Å²) >= 11 is 0. The van der Waals surface area contributed by atoms with Gasteiger partial charge in [0.05, 0.1) is 0 Å². The van der Waals surface area contributed by atoms with Gasteiger partial charge in [-0.1, -0.05) is 24.6 Å². The Kier molecular flexibility index (Phi) is 6.71. The van der Waals surface area contributed by atoms with Crippen LogP contribution in [0.4, 0.5) is 5.69 Å². The Morgan fingerprint density at radius 1 is 1.03 bits per heavy atom. The summed E-state index contributed by atoms with van der Waals surface area (Å²) in [6.07, 6.45) is 5.80. The molecule has 1 saturated heterocycles. The monoisotopic (exact) mass is 419 g/mol. The van der Waals surface area contributed by atoms with E-state index in [0.29, 0.717) is 18.2 Å². The number of likely N-dealkylation sites (tertiary alicyclic amines) is 1. The van der Waals surface area contributed by atoms with Gasteiger partial charge in [-0.05, 0) is 80.1 Å². The summed E-state index contributed by atoms with van der Waals surface area (Å²) in [5.41, 5.74) is 5.12. The van der Waals surface area contributed by atoms with E-state index in [1.54, 1.807) is 6.92 Å². The van der Waals surface area contributed by atoms with E-state index in [2.05, 4.69) is 29.3 Å². The second kappa shape index (κ2) is 9.65. The van der Waals surface area contributed by atoms with Crippen molar-refractivity contribution in [3.8, 4) is 11.1 Å². The van der Waals surface area contributed by atoms with Crippen LogP contribution in [-0.4, -0.2) is 48.9 Å². The molecule has 4 rings (SSSR count). The first-order valence-electron chi connectivity index (χ1n) is 11.6. The lowest BCUT2D eigenvalue weighted by molar-refractivity contribution is -0.116. The van der Waals surface area contributed by atoms with E-state index in [9.17, 15) is 9.59 Å². The number of nitrogens with zero attached hydrogens (tertiary/aromatic N) is 2. The van der Waals surface area contributed by atoms with Gasteiger partial charge in [0.25, 0.3) is 5.91 Å². The van der Waals surface area contributed by atoms with E-state index in [1.165, 1.54) is 31.4 Å². The zero-order valence-electron chi connectivity index (χ0n) is 18.7. The number of fused-ring (bicyclic) bond motifs is 1. The van der Waals surface area contributed by atoms with Crippen LogP contribution < -0.4 is 10.2 Å². The molecule has 164 valence electrons. The lowest BCUT2D eigenvalue weighted by Crippen LogP contribution is -2.39. The third-order valence-electron chi connectivity index (χ3n) is 6.68. The Balaban J connectivity index is 1.31. The highest BCUT2D eigenvalue weighted by Crippen LogP contribution is 2.32. The standard InChI is InChI=1S/C26H33N3O2/c1-19-6-3-4-15-28(19)16-5-14-27-26(31)22-9-7-21(8-10-22)23-11-12-25-24(18-23)13-17-29(25)20(2)30/h7-12,18-19H,3-6,13-17H2,1-2H3,(H,27,31)/t19-/m1/s1. The lowest BCUT2D eigenvalue weighted by Gasteiger charge is -2.33. The number of carbonyl (C=O) groups is 2. The predicted molar refractivity (Wildman–Crippen MR) is 125 cm³/mol. The molecule has 0 spiro atoms. The first-order valence-corrected chi connectivity index (χ1v) is 11.6. The molecule has 31 heavy (non-hydrogen) atoms. The van der Waals surface area contributed by atoms with Gasteiger partial charge in [-0.15, -0.1) is 0 Å². The zero-order valence-corrected chi connectivity index (χ0v) is 18.7. The molecular formula is C26H33N3O2. The van der Waals surface area contributed by atoms with Gasteiger partial charge >= 0.3 is 0 Å². The number of piperidine rings is 1. The minimum Gasteiger partial charge on any atom is -0.352 e. The van der Waals surface area contributed by atoms with Crippen LogP contribution in [0.15, 0.2) is 42.5 Å². The minimum atomic E-state index is -0.00991. The maximum atomic E-state index is 12.5. The van der Waals surface area contributed by atoms with Gasteiger partial charge in [-0.3, -0.25) is 9.59 Å².